The van der Waals surface area contributed by atoms with Crippen LogP contribution in [0.25, 0.3) is 56.7 Å². The van der Waals surface area contributed by atoms with Gasteiger partial charge in [-0.3, -0.25) is 14.6 Å². The highest BCUT2D eigenvalue weighted by Gasteiger charge is 2.26. The molecule has 10 nitrogen and oxygen atoms in total. The van der Waals surface area contributed by atoms with Gasteiger partial charge in [0.2, 0.25) is 19.7 Å². The van der Waals surface area contributed by atoms with Crippen molar-refractivity contribution in [1.29, 1.82) is 0 Å². The van der Waals surface area contributed by atoms with Crippen LogP contribution in [0.15, 0.2) is 154 Å². The number of rotatable bonds is 7. The van der Waals surface area contributed by atoms with E-state index < -0.39 is 31.5 Å². The van der Waals surface area contributed by atoms with Crippen LogP contribution in [0.4, 0.5) is 11.4 Å². The van der Waals surface area contributed by atoms with Gasteiger partial charge in [-0.25, -0.2) is 21.8 Å². The fourth-order valence-electron chi connectivity index (χ4n) is 6.82. The second kappa shape index (κ2) is 13.4. The van der Waals surface area contributed by atoms with Crippen molar-refractivity contribution in [3.8, 4) is 33.6 Å². The molecule has 0 bridgehead atoms. The van der Waals surface area contributed by atoms with Crippen LogP contribution in [0, 0.1) is 0 Å². The average molecular weight is 773 g/mol. The van der Waals surface area contributed by atoms with Crippen LogP contribution >= 0.6 is 0 Å². The van der Waals surface area contributed by atoms with E-state index in [1.807, 2.05) is 78.9 Å². The Labute approximate surface area is 321 Å². The summed E-state index contributed by atoms with van der Waals surface area (Å²) in [5, 5.41) is 8.78. The van der Waals surface area contributed by atoms with Crippen LogP contribution < -0.4 is 10.6 Å². The number of carbonyl (C=O) groups excluding carboxylic acids is 2. The van der Waals surface area contributed by atoms with E-state index in [1.165, 1.54) is 24.4 Å². The standard InChI is InChI=1S/C44H28N4O6S2/c49-43(46-34-14-13-28-15-17-55(51,52)41(28)24-34)32-21-39(27-7-2-1-3-8-27)48-40(22-32)31-11-6-10-29(19-31)37-23-35(25-42-36(37)16-18-56(42,53)54)47-44(50)33-20-30-9-4-5-12-38(30)45-26-33/h1-26H,(H,46,49)(H,47,50). The molecule has 7 aromatic rings. The molecule has 0 fully saturated rings. The number of anilines is 2. The maximum atomic E-state index is 13.8. The molecule has 0 saturated heterocycles. The summed E-state index contributed by atoms with van der Waals surface area (Å²) < 4.78 is 51.3. The van der Waals surface area contributed by atoms with Gasteiger partial charge in [0.15, 0.2) is 0 Å². The zero-order chi connectivity index (χ0) is 38.6. The summed E-state index contributed by atoms with van der Waals surface area (Å²) in [5.74, 6) is -0.916. The molecule has 2 aliphatic heterocycles. The highest BCUT2D eigenvalue weighted by Crippen LogP contribution is 2.39. The smallest absolute Gasteiger partial charge is 0.257 e. The third-order valence-electron chi connectivity index (χ3n) is 9.60. The fraction of sp³-hybridized carbons (Fsp3) is 0. The van der Waals surface area contributed by atoms with E-state index in [-0.39, 0.29) is 21.0 Å². The Balaban J connectivity index is 1.09. The Hall–Kier alpha value is -7.02. The first-order chi connectivity index (χ1) is 27.0. The normalized spacial score (nSPS) is 14.3. The predicted octanol–water partition coefficient (Wildman–Crippen LogP) is 8.65. The summed E-state index contributed by atoms with van der Waals surface area (Å²) in [6.45, 7) is 0. The Morgan fingerprint density at radius 3 is 2.04 bits per heavy atom. The van der Waals surface area contributed by atoms with Crippen molar-refractivity contribution in [2.45, 2.75) is 9.79 Å². The maximum absolute atomic E-state index is 13.8. The van der Waals surface area contributed by atoms with Crippen LogP contribution in [-0.2, 0) is 19.7 Å². The SMILES string of the molecule is O=C(Nc1ccc2c(c1)S(=O)(=O)C=C2)c1cc(-c2ccccc2)nc(-c2cccc(-c3cc(NC(=O)c4cnc5ccccc5c4)cc4c3C=CS4(=O)=O)c2)c1. The number of nitrogens with one attached hydrogen (secondary N) is 2. The number of para-hydroxylation sites is 1. The number of pyridine rings is 2. The zero-order valence-corrected chi connectivity index (χ0v) is 30.8. The van der Waals surface area contributed by atoms with Crippen molar-refractivity contribution in [2.24, 2.45) is 0 Å². The molecule has 272 valence electrons. The fourth-order valence-corrected chi connectivity index (χ4v) is 9.29. The lowest BCUT2D eigenvalue weighted by molar-refractivity contribution is 0.101. The Bertz CT molecular complexity index is 3110. The van der Waals surface area contributed by atoms with Gasteiger partial charge in [0.05, 0.1) is 32.3 Å². The van der Waals surface area contributed by atoms with Crippen molar-refractivity contribution in [1.82, 2.24) is 9.97 Å². The van der Waals surface area contributed by atoms with Gasteiger partial charge in [0.25, 0.3) is 11.8 Å². The van der Waals surface area contributed by atoms with E-state index in [2.05, 4.69) is 15.6 Å². The number of fused-ring (bicyclic) bond motifs is 3. The highest BCUT2D eigenvalue weighted by atomic mass is 32.2. The van der Waals surface area contributed by atoms with Crippen LogP contribution in [0.5, 0.6) is 0 Å². The van der Waals surface area contributed by atoms with Crippen molar-refractivity contribution >= 4 is 65.9 Å². The van der Waals surface area contributed by atoms with Gasteiger partial charge in [-0.1, -0.05) is 72.8 Å². The minimum atomic E-state index is -3.78. The molecule has 56 heavy (non-hydrogen) atoms. The summed E-state index contributed by atoms with van der Waals surface area (Å²) >= 11 is 0. The molecule has 4 heterocycles. The summed E-state index contributed by atoms with van der Waals surface area (Å²) in [6, 6.07) is 37.1. The lowest BCUT2D eigenvalue weighted by Crippen LogP contribution is -2.13. The first-order valence-electron chi connectivity index (χ1n) is 17.4. The number of carbonyl (C=O) groups is 2. The van der Waals surface area contributed by atoms with Gasteiger partial charge in [-0.15, -0.1) is 0 Å². The van der Waals surface area contributed by atoms with Crippen molar-refractivity contribution in [3.05, 3.63) is 167 Å². The predicted molar refractivity (Wildman–Crippen MR) is 217 cm³/mol. The van der Waals surface area contributed by atoms with Crippen molar-refractivity contribution in [2.75, 3.05) is 10.6 Å². The minimum Gasteiger partial charge on any atom is -0.322 e. The quantitative estimate of drug-likeness (QED) is 0.163. The van der Waals surface area contributed by atoms with Gasteiger partial charge in [0, 0.05) is 56.0 Å². The molecular weight excluding hydrogens is 745 g/mol. The number of hydrogen-bond acceptors (Lipinski definition) is 8. The van der Waals surface area contributed by atoms with Gasteiger partial charge < -0.3 is 10.6 Å². The molecule has 2 aliphatic rings. The average Bonchev–Trinajstić information content (AvgIpc) is 3.70. The maximum Gasteiger partial charge on any atom is 0.257 e. The van der Waals surface area contributed by atoms with Crippen molar-refractivity contribution < 1.29 is 26.4 Å². The van der Waals surface area contributed by atoms with Gasteiger partial charge in [0.1, 0.15) is 0 Å². The van der Waals surface area contributed by atoms with E-state index in [1.54, 1.807) is 42.5 Å². The van der Waals surface area contributed by atoms with E-state index in [9.17, 15) is 26.4 Å². The molecule has 0 spiro atoms. The largest absolute Gasteiger partial charge is 0.322 e. The summed E-state index contributed by atoms with van der Waals surface area (Å²) in [4.78, 5) is 36.8. The number of benzene rings is 5. The first-order valence-corrected chi connectivity index (χ1v) is 20.4. The third kappa shape index (κ3) is 6.46. The van der Waals surface area contributed by atoms with Gasteiger partial charge in [-0.05, 0) is 83.4 Å². The monoisotopic (exact) mass is 772 g/mol. The van der Waals surface area contributed by atoms with E-state index in [0.717, 1.165) is 27.3 Å². The Morgan fingerprint density at radius 1 is 0.536 bits per heavy atom. The van der Waals surface area contributed by atoms with Gasteiger partial charge in [-0.2, -0.15) is 0 Å². The number of hydrogen-bond donors (Lipinski definition) is 2. The zero-order valence-electron chi connectivity index (χ0n) is 29.2. The summed E-state index contributed by atoms with van der Waals surface area (Å²) in [7, 11) is -7.36. The Morgan fingerprint density at radius 2 is 1.20 bits per heavy atom. The summed E-state index contributed by atoms with van der Waals surface area (Å²) in [6.07, 6.45) is 4.54. The number of amides is 2. The molecule has 9 rings (SSSR count). The van der Waals surface area contributed by atoms with Crippen molar-refractivity contribution in [3.63, 3.8) is 0 Å². The molecule has 2 N–H and O–H groups in total. The highest BCUT2D eigenvalue weighted by molar-refractivity contribution is 7.95. The summed E-state index contributed by atoms with van der Waals surface area (Å²) in [5.41, 5.74) is 6.59. The number of nitrogens with zero attached hydrogens (tertiary/aromatic N) is 2. The molecule has 2 amide bonds. The van der Waals surface area contributed by atoms with Crippen LogP contribution in [0.1, 0.15) is 31.8 Å². The van der Waals surface area contributed by atoms with Crippen LogP contribution in [0.2, 0.25) is 0 Å². The third-order valence-corrected chi connectivity index (χ3v) is 12.5. The van der Waals surface area contributed by atoms with E-state index in [0.29, 0.717) is 50.5 Å². The molecular formula is C44H28N4O6S2. The lowest BCUT2D eigenvalue weighted by Gasteiger charge is -2.14. The molecule has 0 radical (unpaired) electrons. The molecule has 0 atom stereocenters. The molecule has 0 aliphatic carbocycles. The molecule has 0 saturated carbocycles. The Kier molecular flexibility index (Phi) is 8.29. The lowest BCUT2D eigenvalue weighted by atomic mass is 9.95. The first kappa shape index (κ1) is 34.7. The number of sulfone groups is 2. The second-order valence-electron chi connectivity index (χ2n) is 13.3. The molecule has 0 unspecified atom stereocenters. The second-order valence-corrected chi connectivity index (χ2v) is 16.9. The topological polar surface area (TPSA) is 152 Å². The van der Waals surface area contributed by atoms with Gasteiger partial charge >= 0.3 is 0 Å². The minimum absolute atomic E-state index is 0.0608. The molecule has 5 aromatic carbocycles. The van der Waals surface area contributed by atoms with E-state index >= 15 is 0 Å². The van der Waals surface area contributed by atoms with E-state index in [4.69, 9.17) is 4.98 Å². The molecule has 12 heteroatoms. The van der Waals surface area contributed by atoms with Crippen LogP contribution in [-0.4, -0.2) is 38.6 Å². The van der Waals surface area contributed by atoms with Crippen LogP contribution in [0.3, 0.4) is 0 Å². The molecule has 2 aromatic heterocycles. The number of aromatic nitrogens is 2.